The Labute approximate surface area is 160 Å². The second-order valence-electron chi connectivity index (χ2n) is 8.08. The Kier molecular flexibility index (Phi) is 5.80. The maximum absolute atomic E-state index is 10.9. The molecule has 0 bridgehead atoms. The fourth-order valence-electron chi connectivity index (χ4n) is 3.79. The lowest BCUT2D eigenvalue weighted by Crippen LogP contribution is -2.39. The third-order valence-corrected chi connectivity index (χ3v) is 5.18. The van der Waals surface area contributed by atoms with Gasteiger partial charge in [0.25, 0.3) is 5.69 Å². The molecule has 2 atom stereocenters. The summed E-state index contributed by atoms with van der Waals surface area (Å²) in [5.41, 5.74) is 2.28. The van der Waals surface area contributed by atoms with Crippen LogP contribution in [0.25, 0.3) is 0 Å². The smallest absolute Gasteiger partial charge is 0.269 e. The fourth-order valence-corrected chi connectivity index (χ4v) is 3.79. The Bertz CT molecular complexity index is 804. The van der Waals surface area contributed by atoms with E-state index in [0.29, 0.717) is 12.0 Å². The van der Waals surface area contributed by atoms with Crippen molar-refractivity contribution in [2.24, 2.45) is 0 Å². The first-order valence-corrected chi connectivity index (χ1v) is 9.59. The monoisotopic (exact) mass is 368 g/mol. The molecule has 1 heterocycles. The van der Waals surface area contributed by atoms with Crippen molar-refractivity contribution >= 4 is 5.69 Å². The highest BCUT2D eigenvalue weighted by atomic mass is 16.6. The van der Waals surface area contributed by atoms with E-state index in [4.69, 9.17) is 4.74 Å². The molecule has 3 rings (SSSR count). The Hall–Kier alpha value is -2.40. The molecule has 0 saturated heterocycles. The Morgan fingerprint density at radius 1 is 1.26 bits per heavy atom. The van der Waals surface area contributed by atoms with Crippen molar-refractivity contribution in [2.45, 2.75) is 57.6 Å². The van der Waals surface area contributed by atoms with E-state index in [1.807, 2.05) is 12.1 Å². The predicted octanol–water partition coefficient (Wildman–Crippen LogP) is 4.85. The minimum Gasteiger partial charge on any atom is -0.488 e. The van der Waals surface area contributed by atoms with Crippen molar-refractivity contribution in [3.8, 4) is 5.75 Å². The summed E-state index contributed by atoms with van der Waals surface area (Å²) in [5, 5.41) is 14.6. The largest absolute Gasteiger partial charge is 0.488 e. The highest BCUT2D eigenvalue weighted by molar-refractivity contribution is 5.39. The van der Waals surface area contributed by atoms with Gasteiger partial charge in [-0.05, 0) is 57.2 Å². The highest BCUT2D eigenvalue weighted by Crippen LogP contribution is 2.40. The van der Waals surface area contributed by atoms with Crippen LogP contribution in [-0.4, -0.2) is 23.1 Å². The topological polar surface area (TPSA) is 64.4 Å². The first-order valence-electron chi connectivity index (χ1n) is 9.59. The number of nitro benzene ring substituents is 1. The van der Waals surface area contributed by atoms with Crippen LogP contribution in [0.2, 0.25) is 0 Å². The molecule has 0 radical (unpaired) electrons. The van der Waals surface area contributed by atoms with Crippen molar-refractivity contribution in [2.75, 3.05) is 6.54 Å². The standard InChI is InChI=1S/C22H28N2O3/c1-16(11-12-17-7-6-8-19(13-17)24(25)26)23-15-18-14-22(2,3)27-21-10-5-4-9-20(18)21/h4-10,13,16,18,23H,11-12,14-15H2,1-3H3. The first kappa shape index (κ1) is 19.4. The average Bonchev–Trinajstić information content (AvgIpc) is 2.63. The lowest BCUT2D eigenvalue weighted by Gasteiger charge is -2.38. The summed E-state index contributed by atoms with van der Waals surface area (Å²) in [5.74, 6) is 1.41. The molecule has 5 nitrogen and oxygen atoms in total. The highest BCUT2D eigenvalue weighted by Gasteiger charge is 2.33. The maximum atomic E-state index is 10.9. The van der Waals surface area contributed by atoms with Crippen LogP contribution < -0.4 is 10.1 Å². The molecule has 5 heteroatoms. The van der Waals surface area contributed by atoms with Gasteiger partial charge in [0.2, 0.25) is 0 Å². The molecule has 0 aliphatic carbocycles. The minimum absolute atomic E-state index is 0.160. The molecule has 2 unspecified atom stereocenters. The van der Waals surface area contributed by atoms with E-state index in [9.17, 15) is 10.1 Å². The van der Waals surface area contributed by atoms with E-state index >= 15 is 0 Å². The molecule has 0 fully saturated rings. The third kappa shape index (κ3) is 5.07. The molecule has 0 aromatic heterocycles. The molecule has 2 aromatic rings. The summed E-state index contributed by atoms with van der Waals surface area (Å²) in [6, 6.07) is 15.6. The van der Waals surface area contributed by atoms with Crippen molar-refractivity contribution in [1.29, 1.82) is 0 Å². The number of nitro groups is 1. The number of nitrogens with zero attached hydrogens (tertiary/aromatic N) is 1. The number of aryl methyl sites for hydroxylation is 1. The van der Waals surface area contributed by atoms with Gasteiger partial charge in [0.05, 0.1) is 4.92 Å². The van der Waals surface area contributed by atoms with E-state index in [-0.39, 0.29) is 16.2 Å². The molecule has 0 amide bonds. The molecule has 27 heavy (non-hydrogen) atoms. The zero-order chi connectivity index (χ0) is 19.4. The number of hydrogen-bond acceptors (Lipinski definition) is 4. The molecule has 1 N–H and O–H groups in total. The van der Waals surface area contributed by atoms with Crippen LogP contribution in [0.1, 0.15) is 50.7 Å². The van der Waals surface area contributed by atoms with Gasteiger partial charge in [0, 0.05) is 30.6 Å². The SMILES string of the molecule is CC(CCc1cccc([N+](=O)[O-])c1)NCC1CC(C)(C)Oc2ccccc21. The Morgan fingerprint density at radius 3 is 2.81 bits per heavy atom. The van der Waals surface area contributed by atoms with E-state index in [1.54, 1.807) is 12.1 Å². The normalized spacial score (nSPS) is 19.0. The molecule has 0 spiro atoms. The minimum atomic E-state index is -0.338. The van der Waals surface area contributed by atoms with Gasteiger partial charge >= 0.3 is 0 Å². The summed E-state index contributed by atoms with van der Waals surface area (Å²) in [4.78, 5) is 10.6. The number of rotatable bonds is 7. The summed E-state index contributed by atoms with van der Waals surface area (Å²) < 4.78 is 6.11. The van der Waals surface area contributed by atoms with E-state index < -0.39 is 0 Å². The zero-order valence-electron chi connectivity index (χ0n) is 16.3. The number of non-ortho nitro benzene ring substituents is 1. The van der Waals surface area contributed by atoms with Crippen LogP contribution in [0.3, 0.4) is 0 Å². The quantitative estimate of drug-likeness (QED) is 0.560. The van der Waals surface area contributed by atoms with Crippen LogP contribution in [0.4, 0.5) is 5.69 Å². The zero-order valence-corrected chi connectivity index (χ0v) is 16.3. The van der Waals surface area contributed by atoms with Crippen LogP contribution in [0.15, 0.2) is 48.5 Å². The molecule has 144 valence electrons. The predicted molar refractivity (Wildman–Crippen MR) is 107 cm³/mol. The molecule has 2 aromatic carbocycles. The van der Waals surface area contributed by atoms with Crippen molar-refractivity contribution in [3.05, 3.63) is 69.8 Å². The number of para-hydroxylation sites is 1. The fraction of sp³-hybridized carbons (Fsp3) is 0.455. The van der Waals surface area contributed by atoms with Crippen LogP contribution >= 0.6 is 0 Å². The number of fused-ring (bicyclic) bond motifs is 1. The summed E-state index contributed by atoms with van der Waals surface area (Å²) in [6.45, 7) is 7.36. The third-order valence-electron chi connectivity index (χ3n) is 5.18. The lowest BCUT2D eigenvalue weighted by molar-refractivity contribution is -0.384. The second kappa shape index (κ2) is 8.09. The molecular formula is C22H28N2O3. The van der Waals surface area contributed by atoms with Crippen LogP contribution in [0.5, 0.6) is 5.75 Å². The van der Waals surface area contributed by atoms with E-state index in [1.165, 1.54) is 11.6 Å². The molecular weight excluding hydrogens is 340 g/mol. The Morgan fingerprint density at radius 2 is 2.04 bits per heavy atom. The lowest BCUT2D eigenvalue weighted by atomic mass is 9.84. The van der Waals surface area contributed by atoms with Crippen molar-refractivity contribution in [1.82, 2.24) is 5.32 Å². The number of hydrogen-bond donors (Lipinski definition) is 1. The van der Waals surface area contributed by atoms with Crippen molar-refractivity contribution in [3.63, 3.8) is 0 Å². The van der Waals surface area contributed by atoms with Gasteiger partial charge in [0.1, 0.15) is 11.4 Å². The molecule has 1 aliphatic rings. The second-order valence-corrected chi connectivity index (χ2v) is 8.08. The van der Waals surface area contributed by atoms with E-state index in [0.717, 1.165) is 37.1 Å². The van der Waals surface area contributed by atoms with Crippen molar-refractivity contribution < 1.29 is 9.66 Å². The first-order chi connectivity index (χ1) is 12.8. The number of nitrogens with one attached hydrogen (secondary N) is 1. The summed E-state index contributed by atoms with van der Waals surface area (Å²) >= 11 is 0. The number of benzene rings is 2. The molecule has 1 aliphatic heterocycles. The van der Waals surface area contributed by atoms with Gasteiger partial charge in [-0.15, -0.1) is 0 Å². The van der Waals surface area contributed by atoms with Gasteiger partial charge in [-0.2, -0.15) is 0 Å². The maximum Gasteiger partial charge on any atom is 0.269 e. The molecule has 0 saturated carbocycles. The average molecular weight is 368 g/mol. The summed E-state index contributed by atoms with van der Waals surface area (Å²) in [7, 11) is 0. The van der Waals surface area contributed by atoms with Gasteiger partial charge in [-0.3, -0.25) is 10.1 Å². The summed E-state index contributed by atoms with van der Waals surface area (Å²) in [6.07, 6.45) is 2.75. The van der Waals surface area contributed by atoms with Gasteiger partial charge in [0.15, 0.2) is 0 Å². The van der Waals surface area contributed by atoms with Crippen LogP contribution in [-0.2, 0) is 6.42 Å². The van der Waals surface area contributed by atoms with E-state index in [2.05, 4.69) is 44.3 Å². The van der Waals surface area contributed by atoms with Crippen LogP contribution in [0, 0.1) is 10.1 Å². The van der Waals surface area contributed by atoms with Gasteiger partial charge in [-0.1, -0.05) is 30.3 Å². The number of ether oxygens (including phenoxy) is 1. The van der Waals surface area contributed by atoms with Gasteiger partial charge < -0.3 is 10.1 Å². The Balaban J connectivity index is 1.55. The van der Waals surface area contributed by atoms with Gasteiger partial charge in [-0.25, -0.2) is 0 Å².